The van der Waals surface area contributed by atoms with Gasteiger partial charge in [0, 0.05) is 24.2 Å². The van der Waals surface area contributed by atoms with Gasteiger partial charge in [0.2, 0.25) is 0 Å². The van der Waals surface area contributed by atoms with Crippen molar-refractivity contribution in [1.82, 2.24) is 10.6 Å². The molecule has 32 heavy (non-hydrogen) atoms. The second-order valence-corrected chi connectivity index (χ2v) is 6.99. The molecule has 0 saturated carbocycles. The van der Waals surface area contributed by atoms with Crippen molar-refractivity contribution in [3.63, 3.8) is 0 Å². The van der Waals surface area contributed by atoms with Gasteiger partial charge in [0.05, 0.1) is 0 Å². The minimum Gasteiger partial charge on any atom is -0.384 e. The highest BCUT2D eigenvalue weighted by Crippen LogP contribution is 2.05. The Morgan fingerprint density at radius 1 is 0.562 bits per heavy atom. The van der Waals surface area contributed by atoms with Gasteiger partial charge >= 0.3 is 0 Å². The molecule has 2 aromatic carbocycles. The van der Waals surface area contributed by atoms with Crippen molar-refractivity contribution in [2.24, 2.45) is 11.5 Å². The lowest BCUT2D eigenvalue weighted by molar-refractivity contribution is 0.563. The van der Waals surface area contributed by atoms with E-state index in [1.54, 1.807) is 0 Å². The topological polar surface area (TPSA) is 124 Å². The van der Waals surface area contributed by atoms with Crippen LogP contribution < -0.4 is 22.1 Å². The van der Waals surface area contributed by atoms with Gasteiger partial charge in [0.25, 0.3) is 0 Å². The van der Waals surface area contributed by atoms with E-state index in [1.165, 1.54) is 36.8 Å². The van der Waals surface area contributed by atoms with Crippen LogP contribution in [0.3, 0.4) is 0 Å². The number of nitrogens with one attached hydrogen (secondary N) is 4. The summed E-state index contributed by atoms with van der Waals surface area (Å²) in [7, 11) is 0. The van der Waals surface area contributed by atoms with Crippen LogP contribution in [0.15, 0.2) is 48.5 Å². The average Bonchev–Trinajstić information content (AvgIpc) is 2.70. The van der Waals surface area contributed by atoms with E-state index in [4.69, 9.17) is 22.3 Å². The summed E-state index contributed by atoms with van der Waals surface area (Å²) in [6.45, 7) is 3.74. The summed E-state index contributed by atoms with van der Waals surface area (Å²) in [5.74, 6) is 0.222. The van der Waals surface area contributed by atoms with Crippen molar-refractivity contribution in [3.05, 3.63) is 70.8 Å². The summed E-state index contributed by atoms with van der Waals surface area (Å²) in [5.41, 5.74) is 14.9. The van der Waals surface area contributed by atoms with Crippen molar-refractivity contribution in [3.8, 4) is 0 Å². The SMILES string of the molecule is Cl.Cl.Cl.Cl.N=C(N)c1ccc(CNCCCCCCNCc2ccc(C(=N)N)cc2)cc1. The lowest BCUT2D eigenvalue weighted by Crippen LogP contribution is -2.16. The third kappa shape index (κ3) is 13.8. The van der Waals surface area contributed by atoms with Crippen LogP contribution in [-0.4, -0.2) is 24.8 Å². The van der Waals surface area contributed by atoms with Crippen LogP contribution in [0.4, 0.5) is 0 Å². The van der Waals surface area contributed by atoms with Crippen LogP contribution in [0.2, 0.25) is 0 Å². The Balaban J connectivity index is -0.00000210. The summed E-state index contributed by atoms with van der Waals surface area (Å²) in [6, 6.07) is 15.6. The number of halogens is 4. The van der Waals surface area contributed by atoms with Gasteiger partial charge < -0.3 is 22.1 Å². The van der Waals surface area contributed by atoms with Crippen molar-refractivity contribution in [2.75, 3.05) is 13.1 Å². The van der Waals surface area contributed by atoms with Gasteiger partial charge in [-0.2, -0.15) is 0 Å². The van der Waals surface area contributed by atoms with E-state index >= 15 is 0 Å². The fourth-order valence-electron chi connectivity index (χ4n) is 2.92. The lowest BCUT2D eigenvalue weighted by Gasteiger charge is -2.07. The predicted molar refractivity (Wildman–Crippen MR) is 146 cm³/mol. The number of nitrogen functional groups attached to an aromatic ring is 2. The second kappa shape index (κ2) is 20.1. The van der Waals surface area contributed by atoms with Crippen molar-refractivity contribution in [1.29, 1.82) is 10.8 Å². The molecule has 0 aliphatic heterocycles. The minimum atomic E-state index is 0. The van der Waals surface area contributed by atoms with Crippen LogP contribution in [0.5, 0.6) is 0 Å². The first-order chi connectivity index (χ1) is 13.6. The Kier molecular flexibility index (Phi) is 22.0. The molecule has 0 saturated heterocycles. The standard InChI is InChI=1S/C22H32N6.4ClH/c23-21(24)19-9-5-17(6-10-19)15-27-13-3-1-2-4-14-28-16-18-7-11-20(12-8-18)22(25)26;;;;/h5-12,27-28H,1-4,13-16H2,(H3,23,24)(H3,25,26);4*1H. The number of hydrogen-bond donors (Lipinski definition) is 6. The highest BCUT2D eigenvalue weighted by atomic mass is 35.5. The Morgan fingerprint density at radius 2 is 0.875 bits per heavy atom. The first-order valence-electron chi connectivity index (χ1n) is 9.84. The van der Waals surface area contributed by atoms with E-state index in [0.717, 1.165) is 37.3 Å². The van der Waals surface area contributed by atoms with Gasteiger partial charge in [0.15, 0.2) is 0 Å². The molecule has 0 amide bonds. The van der Waals surface area contributed by atoms with Crippen LogP contribution in [0.25, 0.3) is 0 Å². The molecule has 0 heterocycles. The maximum absolute atomic E-state index is 7.39. The zero-order chi connectivity index (χ0) is 20.2. The molecule has 0 radical (unpaired) electrons. The molecule has 0 spiro atoms. The highest BCUT2D eigenvalue weighted by molar-refractivity contribution is 5.95. The highest BCUT2D eigenvalue weighted by Gasteiger charge is 1.98. The molecular formula is C22H36Cl4N6. The van der Waals surface area contributed by atoms with Crippen molar-refractivity contribution < 1.29 is 0 Å². The quantitative estimate of drug-likeness (QED) is 0.132. The normalized spacial score (nSPS) is 9.38. The summed E-state index contributed by atoms with van der Waals surface area (Å²) < 4.78 is 0. The molecule has 0 aliphatic rings. The molecule has 2 aromatic rings. The number of amidine groups is 2. The zero-order valence-electron chi connectivity index (χ0n) is 18.1. The Hall–Kier alpha value is -1.54. The fourth-order valence-corrected chi connectivity index (χ4v) is 2.92. The second-order valence-electron chi connectivity index (χ2n) is 6.99. The molecule has 8 N–H and O–H groups in total. The van der Waals surface area contributed by atoms with E-state index < -0.39 is 0 Å². The Labute approximate surface area is 216 Å². The maximum atomic E-state index is 7.39. The monoisotopic (exact) mass is 524 g/mol. The predicted octanol–water partition coefficient (Wildman–Crippen LogP) is 4.38. The third-order valence-electron chi connectivity index (χ3n) is 4.65. The van der Waals surface area contributed by atoms with E-state index in [0.29, 0.717) is 0 Å². The van der Waals surface area contributed by atoms with Crippen LogP contribution >= 0.6 is 49.6 Å². The number of benzene rings is 2. The smallest absolute Gasteiger partial charge is 0.122 e. The molecule has 182 valence electrons. The average molecular weight is 526 g/mol. The van der Waals surface area contributed by atoms with Crippen LogP contribution in [0, 0.1) is 10.8 Å². The first-order valence-corrected chi connectivity index (χ1v) is 9.84. The number of rotatable bonds is 13. The summed E-state index contributed by atoms with van der Waals surface area (Å²) in [4.78, 5) is 0. The van der Waals surface area contributed by atoms with Crippen molar-refractivity contribution in [2.45, 2.75) is 38.8 Å². The van der Waals surface area contributed by atoms with Gasteiger partial charge in [-0.25, -0.2) is 0 Å². The summed E-state index contributed by atoms with van der Waals surface area (Å²) in [5, 5.41) is 21.7. The van der Waals surface area contributed by atoms with Gasteiger partial charge in [0.1, 0.15) is 11.7 Å². The van der Waals surface area contributed by atoms with E-state index in [2.05, 4.69) is 10.6 Å². The fraction of sp³-hybridized carbons (Fsp3) is 0.364. The Morgan fingerprint density at radius 3 is 1.16 bits per heavy atom. The molecule has 6 nitrogen and oxygen atoms in total. The molecule has 0 fully saturated rings. The molecular weight excluding hydrogens is 490 g/mol. The largest absolute Gasteiger partial charge is 0.384 e. The molecule has 0 aromatic heterocycles. The molecule has 0 aliphatic carbocycles. The summed E-state index contributed by atoms with van der Waals surface area (Å²) in [6.07, 6.45) is 4.81. The van der Waals surface area contributed by atoms with Crippen LogP contribution in [0.1, 0.15) is 47.9 Å². The summed E-state index contributed by atoms with van der Waals surface area (Å²) >= 11 is 0. The van der Waals surface area contributed by atoms with Crippen LogP contribution in [-0.2, 0) is 13.1 Å². The van der Waals surface area contributed by atoms with Gasteiger partial charge in [-0.05, 0) is 37.1 Å². The zero-order valence-corrected chi connectivity index (χ0v) is 21.3. The minimum absolute atomic E-state index is 0. The molecule has 0 bridgehead atoms. The third-order valence-corrected chi connectivity index (χ3v) is 4.65. The Bertz CT molecular complexity index is 689. The maximum Gasteiger partial charge on any atom is 0.122 e. The lowest BCUT2D eigenvalue weighted by atomic mass is 10.1. The van der Waals surface area contributed by atoms with E-state index in [-0.39, 0.29) is 61.3 Å². The molecule has 2 rings (SSSR count). The van der Waals surface area contributed by atoms with E-state index in [1.807, 2.05) is 48.5 Å². The molecule has 10 heteroatoms. The molecule has 0 unspecified atom stereocenters. The number of nitrogens with two attached hydrogens (primary N) is 2. The number of hydrogen-bond acceptors (Lipinski definition) is 4. The van der Waals surface area contributed by atoms with E-state index in [9.17, 15) is 0 Å². The van der Waals surface area contributed by atoms with Gasteiger partial charge in [-0.3, -0.25) is 10.8 Å². The van der Waals surface area contributed by atoms with Gasteiger partial charge in [-0.1, -0.05) is 61.4 Å². The van der Waals surface area contributed by atoms with Crippen molar-refractivity contribution >= 4 is 61.3 Å². The molecule has 0 atom stereocenters. The first kappa shape index (κ1) is 35.1. The van der Waals surface area contributed by atoms with Gasteiger partial charge in [-0.15, -0.1) is 49.6 Å². The number of unbranched alkanes of at least 4 members (excludes halogenated alkanes) is 3.